The number of carboxylic acids is 1. The first-order valence-corrected chi connectivity index (χ1v) is 7.39. The van der Waals surface area contributed by atoms with Gasteiger partial charge >= 0.3 is 12.1 Å². The van der Waals surface area contributed by atoms with E-state index in [1.165, 1.54) is 4.90 Å². The van der Waals surface area contributed by atoms with E-state index in [1.54, 1.807) is 33.0 Å². The lowest BCUT2D eigenvalue weighted by Crippen LogP contribution is -2.47. The normalized spacial score (nSPS) is 22.2. The molecule has 2 heterocycles. The monoisotopic (exact) mass is 306 g/mol. The molecule has 0 bridgehead atoms. The van der Waals surface area contributed by atoms with Crippen molar-refractivity contribution in [2.45, 2.75) is 38.7 Å². The van der Waals surface area contributed by atoms with Gasteiger partial charge in [-0.3, -0.25) is 9.78 Å². The number of ether oxygens (including phenoxy) is 1. The van der Waals surface area contributed by atoms with Crippen LogP contribution in [0.2, 0.25) is 0 Å². The Morgan fingerprint density at radius 2 is 2.09 bits per heavy atom. The van der Waals surface area contributed by atoms with Crippen molar-refractivity contribution < 1.29 is 19.4 Å². The third kappa shape index (κ3) is 3.96. The van der Waals surface area contributed by atoms with Crippen LogP contribution in [0.4, 0.5) is 4.79 Å². The van der Waals surface area contributed by atoms with Gasteiger partial charge in [-0.1, -0.05) is 6.07 Å². The molecule has 2 atom stereocenters. The number of aromatic nitrogens is 1. The van der Waals surface area contributed by atoms with Crippen LogP contribution in [0.5, 0.6) is 0 Å². The molecule has 0 radical (unpaired) electrons. The van der Waals surface area contributed by atoms with Crippen molar-refractivity contribution in [1.29, 1.82) is 0 Å². The summed E-state index contributed by atoms with van der Waals surface area (Å²) in [4.78, 5) is 29.4. The number of likely N-dealkylation sites (tertiary alicyclic amines) is 1. The van der Waals surface area contributed by atoms with Gasteiger partial charge in [0.25, 0.3) is 0 Å². The molecule has 1 saturated heterocycles. The summed E-state index contributed by atoms with van der Waals surface area (Å²) in [5.74, 6) is -1.77. The first-order valence-electron chi connectivity index (χ1n) is 7.39. The second-order valence-electron chi connectivity index (χ2n) is 6.52. The number of aliphatic carboxylic acids is 1. The molecule has 0 aliphatic carbocycles. The third-order valence-corrected chi connectivity index (χ3v) is 3.65. The van der Waals surface area contributed by atoms with Crippen LogP contribution in [0.25, 0.3) is 0 Å². The molecule has 1 aliphatic rings. The maximum atomic E-state index is 12.1. The zero-order valence-corrected chi connectivity index (χ0v) is 13.2. The van der Waals surface area contributed by atoms with Crippen LogP contribution in [0.1, 0.15) is 38.8 Å². The van der Waals surface area contributed by atoms with Gasteiger partial charge in [0, 0.05) is 30.9 Å². The first kappa shape index (κ1) is 16.3. The Hall–Kier alpha value is -2.11. The lowest BCUT2D eigenvalue weighted by Gasteiger charge is -2.36. The molecule has 1 amide bonds. The summed E-state index contributed by atoms with van der Waals surface area (Å²) in [6, 6.07) is 5.49. The lowest BCUT2D eigenvalue weighted by molar-refractivity contribution is -0.144. The van der Waals surface area contributed by atoms with Gasteiger partial charge in [-0.05, 0) is 39.3 Å². The number of piperidine rings is 1. The minimum absolute atomic E-state index is 0.144. The Morgan fingerprint density at radius 3 is 2.64 bits per heavy atom. The number of carbonyl (C=O) groups excluding carboxylic acids is 1. The van der Waals surface area contributed by atoms with E-state index >= 15 is 0 Å². The number of hydrogen-bond acceptors (Lipinski definition) is 4. The molecule has 1 aliphatic heterocycles. The topological polar surface area (TPSA) is 79.7 Å². The number of carbonyl (C=O) groups is 2. The highest BCUT2D eigenvalue weighted by Crippen LogP contribution is 2.32. The average molecular weight is 306 g/mol. The number of hydrogen-bond donors (Lipinski definition) is 1. The molecule has 1 aromatic rings. The Morgan fingerprint density at radius 1 is 1.36 bits per heavy atom. The van der Waals surface area contributed by atoms with E-state index in [2.05, 4.69) is 4.98 Å². The summed E-state index contributed by atoms with van der Waals surface area (Å²) in [7, 11) is 0. The minimum atomic E-state index is -0.913. The first-order chi connectivity index (χ1) is 10.3. The molecule has 0 saturated carbocycles. The predicted octanol–water partition coefficient (Wildman–Crippen LogP) is 2.51. The summed E-state index contributed by atoms with van der Waals surface area (Å²) in [6.07, 6.45) is 1.76. The smallest absolute Gasteiger partial charge is 0.410 e. The van der Waals surface area contributed by atoms with E-state index in [-0.39, 0.29) is 12.5 Å². The maximum absolute atomic E-state index is 12.1. The van der Waals surface area contributed by atoms with Crippen molar-refractivity contribution >= 4 is 12.1 Å². The molecule has 1 N–H and O–H groups in total. The van der Waals surface area contributed by atoms with Gasteiger partial charge in [-0.25, -0.2) is 4.79 Å². The molecule has 6 heteroatoms. The minimum Gasteiger partial charge on any atom is -0.481 e. The van der Waals surface area contributed by atoms with Gasteiger partial charge in [-0.15, -0.1) is 0 Å². The van der Waals surface area contributed by atoms with Gasteiger partial charge in [0.2, 0.25) is 0 Å². The lowest BCUT2D eigenvalue weighted by atomic mass is 9.83. The average Bonchev–Trinajstić information content (AvgIpc) is 2.45. The molecule has 120 valence electrons. The zero-order chi connectivity index (χ0) is 16.3. The standard InChI is InChI=1S/C16H22N2O4/c1-16(2,3)22-15(21)18-9-7-11(12(10-18)14(19)20)13-6-4-5-8-17-13/h4-6,8,11-12H,7,9-10H2,1-3H3,(H,19,20)/t11-,12-/m1/s1. The summed E-state index contributed by atoms with van der Waals surface area (Å²) in [5.41, 5.74) is 0.173. The molecule has 0 spiro atoms. The quantitative estimate of drug-likeness (QED) is 0.908. The van der Waals surface area contributed by atoms with E-state index in [0.717, 1.165) is 5.69 Å². The summed E-state index contributed by atoms with van der Waals surface area (Å²) >= 11 is 0. The summed E-state index contributed by atoms with van der Waals surface area (Å²) in [5, 5.41) is 9.50. The van der Waals surface area contributed by atoms with Crippen LogP contribution in [-0.2, 0) is 9.53 Å². The third-order valence-electron chi connectivity index (χ3n) is 3.65. The second kappa shape index (κ2) is 6.34. The molecule has 22 heavy (non-hydrogen) atoms. The van der Waals surface area contributed by atoms with E-state index in [9.17, 15) is 14.7 Å². The van der Waals surface area contributed by atoms with Crippen LogP contribution in [-0.4, -0.2) is 45.7 Å². The fourth-order valence-corrected chi connectivity index (χ4v) is 2.64. The van der Waals surface area contributed by atoms with Gasteiger partial charge in [0.15, 0.2) is 0 Å². The second-order valence-corrected chi connectivity index (χ2v) is 6.52. The fraction of sp³-hybridized carbons (Fsp3) is 0.562. The molecule has 6 nitrogen and oxygen atoms in total. The van der Waals surface area contributed by atoms with Crippen molar-refractivity contribution in [3.8, 4) is 0 Å². The number of carboxylic acid groups (broad SMARTS) is 1. The van der Waals surface area contributed by atoms with Gasteiger partial charge in [-0.2, -0.15) is 0 Å². The highest BCUT2D eigenvalue weighted by molar-refractivity contribution is 5.74. The number of pyridine rings is 1. The number of nitrogens with zero attached hydrogens (tertiary/aromatic N) is 2. The van der Waals surface area contributed by atoms with Crippen LogP contribution in [0.3, 0.4) is 0 Å². The SMILES string of the molecule is CC(C)(C)OC(=O)N1CC[C@@H](c2ccccn2)[C@H](C(=O)O)C1. The summed E-state index contributed by atoms with van der Waals surface area (Å²) < 4.78 is 5.32. The molecule has 1 aromatic heterocycles. The molecule has 0 unspecified atom stereocenters. The van der Waals surface area contributed by atoms with Crippen molar-refractivity contribution in [2.75, 3.05) is 13.1 Å². The highest BCUT2D eigenvalue weighted by atomic mass is 16.6. The highest BCUT2D eigenvalue weighted by Gasteiger charge is 2.38. The molecular formula is C16H22N2O4. The fourth-order valence-electron chi connectivity index (χ4n) is 2.64. The van der Waals surface area contributed by atoms with Crippen LogP contribution in [0, 0.1) is 5.92 Å². The van der Waals surface area contributed by atoms with Crippen LogP contribution in [0.15, 0.2) is 24.4 Å². The van der Waals surface area contributed by atoms with Crippen molar-refractivity contribution in [3.05, 3.63) is 30.1 Å². The van der Waals surface area contributed by atoms with Gasteiger partial charge in [0.05, 0.1) is 5.92 Å². The Balaban J connectivity index is 2.12. The zero-order valence-electron chi connectivity index (χ0n) is 13.2. The van der Waals surface area contributed by atoms with Crippen molar-refractivity contribution in [2.24, 2.45) is 5.92 Å². The number of amides is 1. The Labute approximate surface area is 130 Å². The van der Waals surface area contributed by atoms with E-state index in [0.29, 0.717) is 13.0 Å². The van der Waals surface area contributed by atoms with Crippen molar-refractivity contribution in [3.63, 3.8) is 0 Å². The van der Waals surface area contributed by atoms with Crippen molar-refractivity contribution in [1.82, 2.24) is 9.88 Å². The molecular weight excluding hydrogens is 284 g/mol. The Bertz CT molecular complexity index is 539. The molecule has 2 rings (SSSR count). The van der Waals surface area contributed by atoms with E-state index < -0.39 is 23.6 Å². The largest absolute Gasteiger partial charge is 0.481 e. The number of rotatable bonds is 2. The van der Waals surface area contributed by atoms with Crippen LogP contribution >= 0.6 is 0 Å². The maximum Gasteiger partial charge on any atom is 0.410 e. The molecule has 1 fully saturated rings. The van der Waals surface area contributed by atoms with E-state index in [1.807, 2.05) is 12.1 Å². The van der Waals surface area contributed by atoms with Gasteiger partial charge in [0.1, 0.15) is 5.60 Å². The Kier molecular flexibility index (Phi) is 4.68. The van der Waals surface area contributed by atoms with Crippen LogP contribution < -0.4 is 0 Å². The summed E-state index contributed by atoms with van der Waals surface area (Å²) in [6.45, 7) is 5.99. The van der Waals surface area contributed by atoms with Gasteiger partial charge < -0.3 is 14.7 Å². The molecule has 0 aromatic carbocycles. The predicted molar refractivity (Wildman–Crippen MR) is 80.5 cm³/mol. The van der Waals surface area contributed by atoms with E-state index in [4.69, 9.17) is 4.74 Å².